The van der Waals surface area contributed by atoms with Crippen molar-refractivity contribution in [2.24, 2.45) is 0 Å². The van der Waals surface area contributed by atoms with Crippen molar-refractivity contribution < 1.29 is 18.8 Å². The zero-order valence-corrected chi connectivity index (χ0v) is 11.3. The number of likely N-dealkylation sites (tertiary alicyclic amines) is 1. The van der Waals surface area contributed by atoms with E-state index in [1.165, 1.54) is 17.2 Å². The summed E-state index contributed by atoms with van der Waals surface area (Å²) in [5, 5.41) is -0.210. The van der Waals surface area contributed by atoms with Crippen LogP contribution in [0.5, 0.6) is 0 Å². The van der Waals surface area contributed by atoms with E-state index in [-0.39, 0.29) is 28.8 Å². The zero-order chi connectivity index (χ0) is 14.1. The van der Waals surface area contributed by atoms with E-state index in [4.69, 9.17) is 4.42 Å². The molecule has 3 heterocycles. The molecule has 20 heavy (non-hydrogen) atoms. The van der Waals surface area contributed by atoms with Crippen LogP contribution in [0.25, 0.3) is 6.08 Å². The number of hydrogen-bond donors (Lipinski definition) is 0. The van der Waals surface area contributed by atoms with E-state index in [2.05, 4.69) is 0 Å². The molecule has 1 aromatic heterocycles. The van der Waals surface area contributed by atoms with Crippen molar-refractivity contribution in [1.29, 1.82) is 0 Å². The SMILES string of the molecule is O=C(C=Cc1ccco1)N1CC(N2C(=O)CSC2=O)C1. The van der Waals surface area contributed by atoms with Gasteiger partial charge in [-0.05, 0) is 18.2 Å². The predicted octanol–water partition coefficient (Wildman–Crippen LogP) is 1.20. The third-order valence-corrected chi connectivity index (χ3v) is 4.09. The summed E-state index contributed by atoms with van der Waals surface area (Å²) < 4.78 is 5.09. The number of carbonyl (C=O) groups is 3. The lowest BCUT2D eigenvalue weighted by Crippen LogP contribution is -2.61. The van der Waals surface area contributed by atoms with Crippen molar-refractivity contribution in [3.8, 4) is 0 Å². The maximum atomic E-state index is 11.8. The molecule has 0 bridgehead atoms. The Morgan fingerprint density at radius 3 is 2.80 bits per heavy atom. The number of thioether (sulfide) groups is 1. The average Bonchev–Trinajstić information content (AvgIpc) is 2.99. The minimum Gasteiger partial charge on any atom is -0.465 e. The Hall–Kier alpha value is -2.02. The van der Waals surface area contributed by atoms with E-state index in [1.807, 2.05) is 0 Å². The molecule has 3 rings (SSSR count). The van der Waals surface area contributed by atoms with Gasteiger partial charge in [0.05, 0.1) is 18.1 Å². The molecule has 2 aliphatic heterocycles. The summed E-state index contributed by atoms with van der Waals surface area (Å²) in [7, 11) is 0. The fourth-order valence-corrected chi connectivity index (χ4v) is 2.94. The summed E-state index contributed by atoms with van der Waals surface area (Å²) in [6.07, 6.45) is 4.56. The third-order valence-electron chi connectivity index (χ3n) is 3.26. The lowest BCUT2D eigenvalue weighted by atomic mass is 10.1. The number of carbonyl (C=O) groups excluding carboxylic acids is 3. The van der Waals surface area contributed by atoms with Crippen LogP contribution in [0, 0.1) is 0 Å². The monoisotopic (exact) mass is 292 g/mol. The molecular weight excluding hydrogens is 280 g/mol. The second kappa shape index (κ2) is 5.16. The van der Waals surface area contributed by atoms with Crippen LogP contribution in [0.1, 0.15) is 5.76 Å². The fourth-order valence-electron chi connectivity index (χ4n) is 2.16. The molecule has 1 aromatic rings. The summed E-state index contributed by atoms with van der Waals surface area (Å²) in [6.45, 7) is 0.804. The van der Waals surface area contributed by atoms with Gasteiger partial charge in [-0.1, -0.05) is 11.8 Å². The fraction of sp³-hybridized carbons (Fsp3) is 0.308. The Bertz CT molecular complexity index is 559. The van der Waals surface area contributed by atoms with E-state index in [9.17, 15) is 14.4 Å². The molecule has 0 unspecified atom stereocenters. The molecule has 0 spiro atoms. The highest BCUT2D eigenvalue weighted by molar-refractivity contribution is 8.14. The van der Waals surface area contributed by atoms with Crippen LogP contribution >= 0.6 is 11.8 Å². The van der Waals surface area contributed by atoms with Gasteiger partial charge in [-0.15, -0.1) is 0 Å². The molecule has 2 aliphatic rings. The van der Waals surface area contributed by atoms with Crippen molar-refractivity contribution in [3.63, 3.8) is 0 Å². The van der Waals surface area contributed by atoms with Gasteiger partial charge in [0.1, 0.15) is 5.76 Å². The van der Waals surface area contributed by atoms with Crippen LogP contribution < -0.4 is 0 Å². The summed E-state index contributed by atoms with van der Waals surface area (Å²) in [6, 6.07) is 3.32. The highest BCUT2D eigenvalue weighted by atomic mass is 32.2. The van der Waals surface area contributed by atoms with Crippen LogP contribution in [-0.4, -0.2) is 51.7 Å². The predicted molar refractivity (Wildman–Crippen MR) is 72.8 cm³/mol. The van der Waals surface area contributed by atoms with Crippen LogP contribution in [0.2, 0.25) is 0 Å². The normalized spacial score (nSPS) is 20.0. The number of amides is 3. The quantitative estimate of drug-likeness (QED) is 0.783. The van der Waals surface area contributed by atoms with Gasteiger partial charge in [0, 0.05) is 19.2 Å². The van der Waals surface area contributed by atoms with E-state index >= 15 is 0 Å². The Labute approximate surface area is 119 Å². The summed E-state index contributed by atoms with van der Waals surface area (Å²) in [5.41, 5.74) is 0. The van der Waals surface area contributed by atoms with Gasteiger partial charge >= 0.3 is 0 Å². The van der Waals surface area contributed by atoms with E-state index < -0.39 is 0 Å². The Balaban J connectivity index is 1.54. The van der Waals surface area contributed by atoms with Gasteiger partial charge in [0.25, 0.3) is 5.24 Å². The van der Waals surface area contributed by atoms with Crippen molar-refractivity contribution in [2.75, 3.05) is 18.8 Å². The summed E-state index contributed by atoms with van der Waals surface area (Å²) in [4.78, 5) is 37.8. The Kier molecular flexibility index (Phi) is 3.35. The Morgan fingerprint density at radius 2 is 2.20 bits per heavy atom. The van der Waals surface area contributed by atoms with E-state index in [0.717, 1.165) is 11.8 Å². The smallest absolute Gasteiger partial charge is 0.289 e. The molecule has 0 aromatic carbocycles. The van der Waals surface area contributed by atoms with E-state index in [0.29, 0.717) is 18.8 Å². The largest absolute Gasteiger partial charge is 0.465 e. The molecule has 2 fully saturated rings. The molecule has 6 nitrogen and oxygen atoms in total. The molecule has 3 amide bonds. The molecular formula is C13H12N2O4S. The molecule has 0 saturated carbocycles. The number of furan rings is 1. The van der Waals surface area contributed by atoms with Gasteiger partial charge in [0.2, 0.25) is 11.8 Å². The number of nitrogens with zero attached hydrogens (tertiary/aromatic N) is 2. The summed E-state index contributed by atoms with van der Waals surface area (Å²) >= 11 is 1.02. The van der Waals surface area contributed by atoms with E-state index in [1.54, 1.807) is 23.1 Å². The van der Waals surface area contributed by atoms with Crippen molar-refractivity contribution >= 4 is 34.9 Å². The third kappa shape index (κ3) is 2.36. The second-order valence-electron chi connectivity index (χ2n) is 4.56. The van der Waals surface area contributed by atoms with Gasteiger partial charge < -0.3 is 9.32 Å². The van der Waals surface area contributed by atoms with Crippen LogP contribution in [-0.2, 0) is 9.59 Å². The minimum absolute atomic E-state index is 0.149. The Morgan fingerprint density at radius 1 is 1.40 bits per heavy atom. The minimum atomic E-state index is -0.210. The van der Waals surface area contributed by atoms with Crippen LogP contribution in [0.4, 0.5) is 4.79 Å². The van der Waals surface area contributed by atoms with Crippen LogP contribution in [0.15, 0.2) is 28.9 Å². The molecule has 0 N–H and O–H groups in total. The van der Waals surface area contributed by atoms with Crippen LogP contribution in [0.3, 0.4) is 0 Å². The molecule has 0 aliphatic carbocycles. The molecule has 7 heteroatoms. The zero-order valence-electron chi connectivity index (χ0n) is 10.5. The van der Waals surface area contributed by atoms with Gasteiger partial charge in [-0.25, -0.2) is 0 Å². The molecule has 104 valence electrons. The highest BCUT2D eigenvalue weighted by Crippen LogP contribution is 2.26. The van der Waals surface area contributed by atoms with Gasteiger partial charge in [-0.3, -0.25) is 19.3 Å². The second-order valence-corrected chi connectivity index (χ2v) is 5.49. The van der Waals surface area contributed by atoms with Gasteiger partial charge in [-0.2, -0.15) is 0 Å². The molecule has 2 saturated heterocycles. The molecule has 0 atom stereocenters. The maximum Gasteiger partial charge on any atom is 0.289 e. The first-order valence-electron chi connectivity index (χ1n) is 6.14. The first-order valence-corrected chi connectivity index (χ1v) is 7.13. The van der Waals surface area contributed by atoms with Crippen molar-refractivity contribution in [3.05, 3.63) is 30.2 Å². The van der Waals surface area contributed by atoms with Gasteiger partial charge in [0.15, 0.2) is 0 Å². The number of hydrogen-bond acceptors (Lipinski definition) is 5. The summed E-state index contributed by atoms with van der Waals surface area (Å²) in [5.74, 6) is 0.506. The van der Waals surface area contributed by atoms with Crippen molar-refractivity contribution in [1.82, 2.24) is 9.80 Å². The lowest BCUT2D eigenvalue weighted by Gasteiger charge is -2.42. The lowest BCUT2D eigenvalue weighted by molar-refractivity contribution is -0.138. The highest BCUT2D eigenvalue weighted by Gasteiger charge is 2.42. The average molecular weight is 292 g/mol. The first kappa shape index (κ1) is 13.0. The first-order chi connectivity index (χ1) is 9.65. The number of imide groups is 1. The van der Waals surface area contributed by atoms with Crippen molar-refractivity contribution in [2.45, 2.75) is 6.04 Å². The maximum absolute atomic E-state index is 11.8. The topological polar surface area (TPSA) is 70.8 Å². The molecule has 0 radical (unpaired) electrons. The standard InChI is InChI=1S/C13H12N2O4S/c16-11(4-3-10-2-1-5-19-10)14-6-9(7-14)15-12(17)8-20-13(15)18/h1-5,9H,6-8H2. The number of rotatable bonds is 3.